The number of ether oxygens (including phenoxy) is 1. The van der Waals surface area contributed by atoms with Crippen LogP contribution in [0.25, 0.3) is 0 Å². The molecule has 1 N–H and O–H groups in total. The fraction of sp³-hybridized carbons (Fsp3) is 0.333. The molecular weight excluding hydrogens is 219 g/mol. The van der Waals surface area contributed by atoms with E-state index in [0.29, 0.717) is 11.3 Å². The number of benzene rings is 1. The third-order valence-electron chi connectivity index (χ3n) is 1.85. The molecule has 0 saturated heterocycles. The van der Waals surface area contributed by atoms with Gasteiger partial charge in [0.25, 0.3) is 0 Å². The summed E-state index contributed by atoms with van der Waals surface area (Å²) >= 11 is 0. The number of fused-ring (bicyclic) bond motifs is 1. The molecule has 0 saturated carbocycles. The maximum atomic E-state index is 11.2. The Bertz CT molecular complexity index is 379. The highest BCUT2D eigenvalue weighted by atomic mass is 31.1. The van der Waals surface area contributed by atoms with Gasteiger partial charge in [0.05, 0.1) is 5.56 Å². The summed E-state index contributed by atoms with van der Waals surface area (Å²) in [4.78, 5) is 0. The average molecular weight is 229 g/mol. The lowest BCUT2D eigenvalue weighted by Gasteiger charge is -2.18. The summed E-state index contributed by atoms with van der Waals surface area (Å²) in [7, 11) is -2.23. The van der Waals surface area contributed by atoms with Crippen LogP contribution in [0.15, 0.2) is 24.3 Å². The first-order chi connectivity index (χ1) is 7.16. The van der Waals surface area contributed by atoms with Gasteiger partial charge in [-0.05, 0) is 19.1 Å². The van der Waals surface area contributed by atoms with Gasteiger partial charge in [-0.15, -0.1) is 0 Å². The van der Waals surface area contributed by atoms with Crippen LogP contribution in [0.1, 0.15) is 18.8 Å². The third-order valence-corrected chi connectivity index (χ3v) is 2.56. The monoisotopic (exact) mass is 229 g/mol. The normalized spacial score (nSPS) is 24.1. The van der Waals surface area contributed by atoms with E-state index in [-0.39, 0.29) is 0 Å². The van der Waals surface area contributed by atoms with Crippen molar-refractivity contribution in [1.29, 1.82) is 0 Å². The zero-order valence-corrected chi connectivity index (χ0v) is 8.89. The minimum Gasteiger partial charge on any atom is -0.368 e. The van der Waals surface area contributed by atoms with E-state index in [9.17, 15) is 4.57 Å². The van der Waals surface area contributed by atoms with Crippen molar-refractivity contribution < 1.29 is 23.5 Å². The number of hydrogen-bond acceptors (Lipinski definition) is 5. The number of hydrogen-bond donors (Lipinski definition) is 1. The van der Waals surface area contributed by atoms with E-state index in [4.69, 9.17) is 18.9 Å². The summed E-state index contributed by atoms with van der Waals surface area (Å²) in [5.74, 6) is 0.454. The summed E-state index contributed by atoms with van der Waals surface area (Å²) in [6.07, 6.45) is -1.84. The molecule has 0 aromatic heterocycles. The first-order valence-electron chi connectivity index (χ1n) is 4.41. The first-order valence-corrected chi connectivity index (χ1v) is 5.51. The van der Waals surface area contributed by atoms with E-state index in [2.05, 4.69) is 0 Å². The molecule has 0 fully saturated rings. The second-order valence-electron chi connectivity index (χ2n) is 3.03. The molecular formula is C9H10O5P+. The molecule has 1 aromatic carbocycles. The average Bonchev–Trinajstić information content (AvgIpc) is 2.16. The number of rotatable bonds is 2. The van der Waals surface area contributed by atoms with Gasteiger partial charge < -0.3 is 9.84 Å². The molecule has 1 aliphatic heterocycles. The van der Waals surface area contributed by atoms with Crippen LogP contribution in [0.5, 0.6) is 5.75 Å². The van der Waals surface area contributed by atoms with Crippen molar-refractivity contribution in [1.82, 2.24) is 0 Å². The summed E-state index contributed by atoms with van der Waals surface area (Å²) in [5, 5.41) is 9.08. The van der Waals surface area contributed by atoms with Gasteiger partial charge in [-0.2, -0.15) is 0 Å². The van der Waals surface area contributed by atoms with Gasteiger partial charge in [0.1, 0.15) is 0 Å². The Morgan fingerprint density at radius 2 is 2.27 bits per heavy atom. The van der Waals surface area contributed by atoms with Gasteiger partial charge >= 0.3 is 8.25 Å². The van der Waals surface area contributed by atoms with Crippen molar-refractivity contribution in [3.8, 4) is 5.75 Å². The van der Waals surface area contributed by atoms with Crippen LogP contribution >= 0.6 is 8.25 Å². The van der Waals surface area contributed by atoms with Crippen molar-refractivity contribution in [2.45, 2.75) is 19.5 Å². The molecule has 0 bridgehead atoms. The van der Waals surface area contributed by atoms with E-state index in [1.807, 2.05) is 0 Å². The molecule has 0 radical (unpaired) electrons. The van der Waals surface area contributed by atoms with Gasteiger partial charge in [0, 0.05) is 4.57 Å². The Kier molecular flexibility index (Phi) is 2.98. The van der Waals surface area contributed by atoms with Crippen molar-refractivity contribution in [2.75, 3.05) is 0 Å². The molecule has 5 nitrogen and oxygen atoms in total. The standard InChI is InChI=1S/C9H10O5P/c1-6(10)12-9-7-4-2-3-5-8(7)13-15(11)14-9/h2-6,9-10H,1H3/q+1/t6-,9?/m1/s1. The molecule has 15 heavy (non-hydrogen) atoms. The lowest BCUT2D eigenvalue weighted by atomic mass is 10.2. The Morgan fingerprint density at radius 3 is 3.00 bits per heavy atom. The van der Waals surface area contributed by atoms with E-state index < -0.39 is 20.8 Å². The molecule has 2 rings (SSSR count). The summed E-state index contributed by atoms with van der Waals surface area (Å²) in [6.45, 7) is 1.45. The van der Waals surface area contributed by atoms with Crippen molar-refractivity contribution >= 4 is 8.25 Å². The number of para-hydroxylation sites is 1. The SMILES string of the molecule is C[C@H](O)OC1O[P+](=O)Oc2ccccc21. The van der Waals surface area contributed by atoms with Crippen LogP contribution in [0.2, 0.25) is 0 Å². The van der Waals surface area contributed by atoms with Gasteiger partial charge in [-0.1, -0.05) is 16.7 Å². The summed E-state index contributed by atoms with van der Waals surface area (Å²) in [6, 6.07) is 6.93. The van der Waals surface area contributed by atoms with Crippen LogP contribution in [0, 0.1) is 0 Å². The summed E-state index contributed by atoms with van der Waals surface area (Å²) < 4.78 is 26.1. The van der Waals surface area contributed by atoms with Gasteiger partial charge in [-0.3, -0.25) is 0 Å². The highest BCUT2D eigenvalue weighted by Gasteiger charge is 2.39. The molecule has 1 aromatic rings. The molecule has 1 heterocycles. The Balaban J connectivity index is 2.30. The highest BCUT2D eigenvalue weighted by Crippen LogP contribution is 2.45. The van der Waals surface area contributed by atoms with Crippen molar-refractivity contribution in [3.63, 3.8) is 0 Å². The van der Waals surface area contributed by atoms with Crippen LogP contribution in [0.4, 0.5) is 0 Å². The van der Waals surface area contributed by atoms with Crippen LogP contribution in [0.3, 0.4) is 0 Å². The molecule has 80 valence electrons. The van der Waals surface area contributed by atoms with Crippen molar-refractivity contribution in [2.24, 2.45) is 0 Å². The Morgan fingerprint density at radius 1 is 1.53 bits per heavy atom. The molecule has 1 aliphatic rings. The molecule has 0 aliphatic carbocycles. The predicted octanol–water partition coefficient (Wildman–Crippen LogP) is 2.11. The summed E-state index contributed by atoms with van der Waals surface area (Å²) in [5.41, 5.74) is 0.619. The Hall–Kier alpha value is -1.00. The quantitative estimate of drug-likeness (QED) is 0.621. The second-order valence-corrected chi connectivity index (χ2v) is 3.87. The van der Waals surface area contributed by atoms with Crippen LogP contribution in [-0.4, -0.2) is 11.4 Å². The lowest BCUT2D eigenvalue weighted by molar-refractivity contribution is -0.194. The van der Waals surface area contributed by atoms with E-state index >= 15 is 0 Å². The topological polar surface area (TPSA) is 65.0 Å². The minimum absolute atomic E-state index is 0.454. The van der Waals surface area contributed by atoms with E-state index in [1.54, 1.807) is 24.3 Å². The van der Waals surface area contributed by atoms with Crippen LogP contribution in [-0.2, 0) is 13.8 Å². The fourth-order valence-electron chi connectivity index (χ4n) is 1.27. The maximum Gasteiger partial charge on any atom is 0.753 e. The molecule has 0 amide bonds. The maximum absolute atomic E-state index is 11.2. The molecule has 6 heteroatoms. The molecule has 3 atom stereocenters. The molecule has 2 unspecified atom stereocenters. The largest absolute Gasteiger partial charge is 0.753 e. The zero-order chi connectivity index (χ0) is 10.8. The van der Waals surface area contributed by atoms with Gasteiger partial charge in [0.15, 0.2) is 12.0 Å². The number of aliphatic hydroxyl groups is 1. The fourth-order valence-corrected chi connectivity index (χ4v) is 1.96. The minimum atomic E-state index is -2.23. The lowest BCUT2D eigenvalue weighted by Crippen LogP contribution is -2.17. The van der Waals surface area contributed by atoms with Gasteiger partial charge in [-0.25, -0.2) is 4.52 Å². The third kappa shape index (κ3) is 2.33. The van der Waals surface area contributed by atoms with Crippen LogP contribution < -0.4 is 4.52 Å². The molecule has 0 spiro atoms. The highest BCUT2D eigenvalue weighted by molar-refractivity contribution is 7.33. The smallest absolute Gasteiger partial charge is 0.368 e. The second kappa shape index (κ2) is 4.24. The van der Waals surface area contributed by atoms with Gasteiger partial charge in [0.2, 0.25) is 6.29 Å². The van der Waals surface area contributed by atoms with E-state index in [1.165, 1.54) is 6.92 Å². The predicted molar refractivity (Wildman–Crippen MR) is 51.3 cm³/mol. The zero-order valence-electron chi connectivity index (χ0n) is 7.99. The van der Waals surface area contributed by atoms with Crippen molar-refractivity contribution in [3.05, 3.63) is 29.8 Å². The Labute approximate surface area is 87.5 Å². The first kappa shape index (κ1) is 10.5. The van der Waals surface area contributed by atoms with E-state index in [0.717, 1.165) is 0 Å². The number of aliphatic hydroxyl groups excluding tert-OH is 1.